The highest BCUT2D eigenvalue weighted by Crippen LogP contribution is 2.30. The average Bonchev–Trinajstić information content (AvgIpc) is 2.99. The Labute approximate surface area is 79.7 Å². The van der Waals surface area contributed by atoms with Crippen LogP contribution in [0.5, 0.6) is 5.75 Å². The molecule has 1 heteroatoms. The minimum atomic E-state index is 0.838. The average molecular weight is 176 g/mol. The fourth-order valence-electron chi connectivity index (χ4n) is 1.43. The van der Waals surface area contributed by atoms with E-state index >= 15 is 0 Å². The molecule has 1 nitrogen and oxygen atoms in total. The second kappa shape index (κ2) is 3.82. The maximum atomic E-state index is 5.75. The van der Waals surface area contributed by atoms with E-state index in [9.17, 15) is 0 Å². The molecule has 0 atom stereocenters. The van der Waals surface area contributed by atoms with E-state index in [4.69, 9.17) is 4.74 Å². The summed E-state index contributed by atoms with van der Waals surface area (Å²) in [5, 5.41) is 0. The Balaban J connectivity index is 1.99. The summed E-state index contributed by atoms with van der Waals surface area (Å²) in [7, 11) is 0. The highest BCUT2D eigenvalue weighted by molar-refractivity contribution is 5.33. The topological polar surface area (TPSA) is 9.23 Å². The summed E-state index contributed by atoms with van der Waals surface area (Å²) in [6, 6.07) is 8.33. The Kier molecular flexibility index (Phi) is 2.53. The molecule has 2 rings (SSSR count). The molecule has 1 saturated carbocycles. The number of ether oxygens (including phenoxy) is 1. The molecule has 70 valence electrons. The lowest BCUT2D eigenvalue weighted by Crippen LogP contribution is -2.00. The van der Waals surface area contributed by atoms with Crippen molar-refractivity contribution in [3.8, 4) is 5.75 Å². The van der Waals surface area contributed by atoms with Gasteiger partial charge in [0, 0.05) is 0 Å². The molecule has 1 aliphatic carbocycles. The molecule has 13 heavy (non-hydrogen) atoms. The minimum absolute atomic E-state index is 0.838. The van der Waals surface area contributed by atoms with Gasteiger partial charge in [0.2, 0.25) is 0 Å². The van der Waals surface area contributed by atoms with Gasteiger partial charge in [-0.2, -0.15) is 0 Å². The van der Waals surface area contributed by atoms with Crippen LogP contribution >= 0.6 is 0 Å². The van der Waals surface area contributed by atoms with Gasteiger partial charge in [-0.3, -0.25) is 0 Å². The van der Waals surface area contributed by atoms with Crippen LogP contribution in [-0.2, 0) is 6.42 Å². The van der Waals surface area contributed by atoms with Gasteiger partial charge in [0.1, 0.15) is 5.75 Å². The predicted molar refractivity (Wildman–Crippen MR) is 54.0 cm³/mol. The molecule has 0 saturated heterocycles. The normalized spacial score (nSPS) is 15.8. The number of rotatable bonds is 4. The monoisotopic (exact) mass is 176 g/mol. The van der Waals surface area contributed by atoms with E-state index in [1.165, 1.54) is 18.4 Å². The summed E-state index contributed by atoms with van der Waals surface area (Å²) in [6.45, 7) is 3.08. The third-order valence-corrected chi connectivity index (χ3v) is 2.52. The Morgan fingerprint density at radius 1 is 1.31 bits per heavy atom. The molecule has 1 aromatic carbocycles. The first-order valence-electron chi connectivity index (χ1n) is 5.11. The molecule has 0 N–H and O–H groups in total. The van der Waals surface area contributed by atoms with Crippen LogP contribution in [0, 0.1) is 5.92 Å². The molecule has 0 radical (unpaired) electrons. The first kappa shape index (κ1) is 8.61. The smallest absolute Gasteiger partial charge is 0.122 e. The predicted octanol–water partition coefficient (Wildman–Crippen LogP) is 3.04. The van der Waals surface area contributed by atoms with Crippen LogP contribution in [0.15, 0.2) is 24.3 Å². The van der Waals surface area contributed by atoms with Crippen molar-refractivity contribution in [3.63, 3.8) is 0 Å². The zero-order valence-electron chi connectivity index (χ0n) is 8.12. The number of para-hydroxylation sites is 1. The van der Waals surface area contributed by atoms with Crippen molar-refractivity contribution in [1.29, 1.82) is 0 Å². The van der Waals surface area contributed by atoms with E-state index in [0.29, 0.717) is 0 Å². The number of aryl methyl sites for hydroxylation is 1. The van der Waals surface area contributed by atoms with Crippen LogP contribution in [0.2, 0.25) is 0 Å². The second-order valence-corrected chi connectivity index (χ2v) is 3.72. The Bertz CT molecular complexity index is 276. The van der Waals surface area contributed by atoms with Gasteiger partial charge in [0.25, 0.3) is 0 Å². The lowest BCUT2D eigenvalue weighted by molar-refractivity contribution is 0.297. The third-order valence-electron chi connectivity index (χ3n) is 2.52. The first-order chi connectivity index (χ1) is 6.40. The van der Waals surface area contributed by atoms with Crippen molar-refractivity contribution in [3.05, 3.63) is 29.8 Å². The van der Waals surface area contributed by atoms with Crippen LogP contribution in [0.25, 0.3) is 0 Å². The lowest BCUT2D eigenvalue weighted by atomic mass is 10.1. The SMILES string of the molecule is CCc1ccccc1OCC1CC1. The standard InChI is InChI=1S/C12H16O/c1-2-11-5-3-4-6-12(11)13-9-10-7-8-10/h3-6,10H,2,7-9H2,1H3. The fourth-order valence-corrected chi connectivity index (χ4v) is 1.43. The van der Waals surface area contributed by atoms with Gasteiger partial charge in [-0.15, -0.1) is 0 Å². The molecular formula is C12H16O. The third kappa shape index (κ3) is 2.24. The van der Waals surface area contributed by atoms with Crippen LogP contribution in [0.4, 0.5) is 0 Å². The van der Waals surface area contributed by atoms with Crippen molar-refractivity contribution in [1.82, 2.24) is 0 Å². The van der Waals surface area contributed by atoms with E-state index in [-0.39, 0.29) is 0 Å². The summed E-state index contributed by atoms with van der Waals surface area (Å²) in [5.41, 5.74) is 1.32. The van der Waals surface area contributed by atoms with Gasteiger partial charge in [-0.1, -0.05) is 25.1 Å². The largest absolute Gasteiger partial charge is 0.493 e. The Morgan fingerprint density at radius 2 is 2.08 bits per heavy atom. The van der Waals surface area contributed by atoms with Crippen LogP contribution in [0.3, 0.4) is 0 Å². The highest BCUT2D eigenvalue weighted by Gasteiger charge is 2.22. The van der Waals surface area contributed by atoms with Gasteiger partial charge in [0.15, 0.2) is 0 Å². The molecule has 0 bridgehead atoms. The van der Waals surface area contributed by atoms with Crippen molar-refractivity contribution in [2.24, 2.45) is 5.92 Å². The number of benzene rings is 1. The van der Waals surface area contributed by atoms with E-state index < -0.39 is 0 Å². The Hall–Kier alpha value is -0.980. The van der Waals surface area contributed by atoms with E-state index in [1.807, 2.05) is 6.07 Å². The van der Waals surface area contributed by atoms with Gasteiger partial charge in [-0.05, 0) is 36.8 Å². The molecule has 1 fully saturated rings. The zero-order chi connectivity index (χ0) is 9.10. The maximum absolute atomic E-state index is 5.75. The summed E-state index contributed by atoms with van der Waals surface area (Å²) in [6.07, 6.45) is 3.77. The summed E-state index contributed by atoms with van der Waals surface area (Å²) in [5.74, 6) is 1.92. The highest BCUT2D eigenvalue weighted by atomic mass is 16.5. The van der Waals surface area contributed by atoms with Crippen molar-refractivity contribution < 1.29 is 4.74 Å². The number of hydrogen-bond acceptors (Lipinski definition) is 1. The molecule has 0 aromatic heterocycles. The molecule has 0 spiro atoms. The van der Waals surface area contributed by atoms with E-state index in [2.05, 4.69) is 25.1 Å². The molecule has 1 aromatic rings. The lowest BCUT2D eigenvalue weighted by Gasteiger charge is -2.08. The van der Waals surface area contributed by atoms with Crippen molar-refractivity contribution >= 4 is 0 Å². The molecule has 1 aliphatic rings. The van der Waals surface area contributed by atoms with Crippen LogP contribution in [0.1, 0.15) is 25.3 Å². The van der Waals surface area contributed by atoms with Crippen LogP contribution < -0.4 is 4.74 Å². The maximum Gasteiger partial charge on any atom is 0.122 e. The first-order valence-corrected chi connectivity index (χ1v) is 5.11. The molecule has 0 aliphatic heterocycles. The van der Waals surface area contributed by atoms with Crippen molar-refractivity contribution in [2.45, 2.75) is 26.2 Å². The summed E-state index contributed by atoms with van der Waals surface area (Å²) < 4.78 is 5.75. The molecule has 0 unspecified atom stereocenters. The fraction of sp³-hybridized carbons (Fsp3) is 0.500. The van der Waals surface area contributed by atoms with E-state index in [0.717, 1.165) is 24.7 Å². The number of hydrogen-bond donors (Lipinski definition) is 0. The summed E-state index contributed by atoms with van der Waals surface area (Å²) >= 11 is 0. The van der Waals surface area contributed by atoms with Gasteiger partial charge >= 0.3 is 0 Å². The van der Waals surface area contributed by atoms with Gasteiger partial charge < -0.3 is 4.74 Å². The van der Waals surface area contributed by atoms with E-state index in [1.54, 1.807) is 0 Å². The minimum Gasteiger partial charge on any atom is -0.493 e. The van der Waals surface area contributed by atoms with Crippen LogP contribution in [-0.4, -0.2) is 6.61 Å². The Morgan fingerprint density at radius 3 is 2.77 bits per heavy atom. The zero-order valence-corrected chi connectivity index (χ0v) is 8.12. The second-order valence-electron chi connectivity index (χ2n) is 3.72. The molecule has 0 amide bonds. The summed E-state index contributed by atoms with van der Waals surface area (Å²) in [4.78, 5) is 0. The van der Waals surface area contributed by atoms with Gasteiger partial charge in [0.05, 0.1) is 6.61 Å². The quantitative estimate of drug-likeness (QED) is 0.685. The molecule has 0 heterocycles. The molecular weight excluding hydrogens is 160 g/mol. The van der Waals surface area contributed by atoms with Gasteiger partial charge in [-0.25, -0.2) is 0 Å². The van der Waals surface area contributed by atoms with Crippen molar-refractivity contribution in [2.75, 3.05) is 6.61 Å².